The summed E-state index contributed by atoms with van der Waals surface area (Å²) in [5, 5.41) is 3.08. The first-order valence-corrected chi connectivity index (χ1v) is 8.45. The number of fused-ring (bicyclic) bond motifs is 1. The molecule has 2 aromatic carbocycles. The van der Waals surface area contributed by atoms with Gasteiger partial charge in [-0.1, -0.05) is 37.3 Å². The summed E-state index contributed by atoms with van der Waals surface area (Å²) in [5.41, 5.74) is 1.29. The van der Waals surface area contributed by atoms with Crippen LogP contribution in [-0.4, -0.2) is 10.9 Å². The van der Waals surface area contributed by atoms with Gasteiger partial charge in [-0.05, 0) is 41.8 Å². The number of nitrogens with zero attached hydrogens (tertiary/aromatic N) is 1. The Balaban J connectivity index is 1.83. The van der Waals surface area contributed by atoms with Gasteiger partial charge < -0.3 is 0 Å². The highest BCUT2D eigenvalue weighted by atomic mass is 32.1. The van der Waals surface area contributed by atoms with Crippen molar-refractivity contribution in [3.63, 3.8) is 0 Å². The lowest BCUT2D eigenvalue weighted by Crippen LogP contribution is -2.12. The molecule has 0 aliphatic heterocycles. The first-order valence-electron chi connectivity index (χ1n) is 7.64. The van der Waals surface area contributed by atoms with E-state index in [0.29, 0.717) is 11.0 Å². The van der Waals surface area contributed by atoms with E-state index in [4.69, 9.17) is 0 Å². The minimum atomic E-state index is -4.42. The zero-order valence-electron chi connectivity index (χ0n) is 13.5. The van der Waals surface area contributed by atoms with Crippen molar-refractivity contribution in [1.82, 2.24) is 4.98 Å². The second-order valence-corrected chi connectivity index (χ2v) is 6.93. The van der Waals surface area contributed by atoms with Crippen molar-refractivity contribution in [2.75, 3.05) is 5.32 Å². The Morgan fingerprint density at radius 2 is 1.80 bits per heavy atom. The number of para-hydroxylation sites is 1. The maximum Gasteiger partial charge on any atom is 0.416 e. The van der Waals surface area contributed by atoms with E-state index in [9.17, 15) is 18.0 Å². The van der Waals surface area contributed by atoms with Gasteiger partial charge in [-0.15, -0.1) is 0 Å². The standard InChI is InChI=1S/C18H15F3N2OS/c1-10(2)13-4-3-5-14-15(13)22-17(25-14)23-16(24)11-6-8-12(9-7-11)18(19,20)21/h3-10H,1-2H3,(H,22,23,24). The molecule has 0 saturated heterocycles. The summed E-state index contributed by atoms with van der Waals surface area (Å²) < 4.78 is 38.7. The summed E-state index contributed by atoms with van der Waals surface area (Å²) >= 11 is 1.34. The molecular formula is C18H15F3N2OS. The summed E-state index contributed by atoms with van der Waals surface area (Å²) in [5.74, 6) is -0.192. The van der Waals surface area contributed by atoms with Crippen molar-refractivity contribution in [1.29, 1.82) is 0 Å². The number of nitrogens with one attached hydrogen (secondary N) is 1. The third-order valence-electron chi connectivity index (χ3n) is 3.77. The molecule has 0 saturated carbocycles. The summed E-state index contributed by atoms with van der Waals surface area (Å²) in [7, 11) is 0. The second-order valence-electron chi connectivity index (χ2n) is 5.90. The highest BCUT2D eigenvalue weighted by Crippen LogP contribution is 2.32. The van der Waals surface area contributed by atoms with Gasteiger partial charge in [-0.3, -0.25) is 10.1 Å². The van der Waals surface area contributed by atoms with Crippen LogP contribution in [0.4, 0.5) is 18.3 Å². The number of carbonyl (C=O) groups excluding carboxylic acids is 1. The largest absolute Gasteiger partial charge is 0.416 e. The van der Waals surface area contributed by atoms with Gasteiger partial charge in [-0.25, -0.2) is 4.98 Å². The predicted molar refractivity (Wildman–Crippen MR) is 93.1 cm³/mol. The Hall–Kier alpha value is -2.41. The molecule has 1 heterocycles. The van der Waals surface area contributed by atoms with Crippen LogP contribution in [-0.2, 0) is 6.18 Å². The average Bonchev–Trinajstić information content (AvgIpc) is 2.96. The van der Waals surface area contributed by atoms with Crippen LogP contribution in [0.3, 0.4) is 0 Å². The van der Waals surface area contributed by atoms with Crippen molar-refractivity contribution in [3.8, 4) is 0 Å². The second kappa shape index (κ2) is 6.48. The van der Waals surface area contributed by atoms with Gasteiger partial charge in [0.1, 0.15) is 0 Å². The third-order valence-corrected chi connectivity index (χ3v) is 4.70. The molecule has 7 heteroatoms. The Labute approximate surface area is 146 Å². The van der Waals surface area contributed by atoms with Crippen molar-refractivity contribution < 1.29 is 18.0 Å². The van der Waals surface area contributed by atoms with Crippen molar-refractivity contribution in [3.05, 3.63) is 59.2 Å². The molecule has 3 aromatic rings. The molecule has 1 N–H and O–H groups in total. The van der Waals surface area contributed by atoms with Crippen LogP contribution in [0.2, 0.25) is 0 Å². The Morgan fingerprint density at radius 1 is 1.12 bits per heavy atom. The van der Waals surface area contributed by atoms with Crippen LogP contribution < -0.4 is 5.32 Å². The van der Waals surface area contributed by atoms with Crippen LogP contribution in [0.25, 0.3) is 10.2 Å². The van der Waals surface area contributed by atoms with E-state index in [1.165, 1.54) is 11.3 Å². The fraction of sp³-hybridized carbons (Fsp3) is 0.222. The molecule has 0 unspecified atom stereocenters. The van der Waals surface area contributed by atoms with Gasteiger partial charge >= 0.3 is 6.18 Å². The number of alkyl halides is 3. The van der Waals surface area contributed by atoms with Crippen LogP contribution in [0.15, 0.2) is 42.5 Å². The molecule has 1 amide bonds. The predicted octanol–water partition coefficient (Wildman–Crippen LogP) is 5.69. The van der Waals surface area contributed by atoms with Gasteiger partial charge in [0.15, 0.2) is 5.13 Å². The Bertz CT molecular complexity index is 914. The zero-order chi connectivity index (χ0) is 18.2. The van der Waals surface area contributed by atoms with E-state index < -0.39 is 17.6 Å². The average molecular weight is 364 g/mol. The van der Waals surface area contributed by atoms with Gasteiger partial charge in [0, 0.05) is 5.56 Å². The Kier molecular flexibility index (Phi) is 4.51. The van der Waals surface area contributed by atoms with E-state index in [0.717, 1.165) is 40.0 Å². The lowest BCUT2D eigenvalue weighted by atomic mass is 10.0. The third kappa shape index (κ3) is 3.66. The van der Waals surface area contributed by atoms with E-state index in [-0.39, 0.29) is 5.56 Å². The molecule has 0 radical (unpaired) electrons. The first kappa shape index (κ1) is 17.4. The van der Waals surface area contributed by atoms with Gasteiger partial charge in [0.25, 0.3) is 5.91 Å². The van der Waals surface area contributed by atoms with Crippen molar-refractivity contribution in [2.24, 2.45) is 0 Å². The van der Waals surface area contributed by atoms with Crippen LogP contribution >= 0.6 is 11.3 Å². The highest BCUT2D eigenvalue weighted by molar-refractivity contribution is 7.22. The van der Waals surface area contributed by atoms with Crippen LogP contribution in [0.1, 0.15) is 41.3 Å². The molecule has 25 heavy (non-hydrogen) atoms. The van der Waals surface area contributed by atoms with E-state index >= 15 is 0 Å². The zero-order valence-corrected chi connectivity index (χ0v) is 14.3. The SMILES string of the molecule is CC(C)c1cccc2sc(NC(=O)c3ccc(C(F)(F)F)cc3)nc12. The molecule has 0 aliphatic carbocycles. The molecule has 0 aliphatic rings. The number of aromatic nitrogens is 1. The molecule has 3 nitrogen and oxygen atoms in total. The molecule has 1 aromatic heterocycles. The summed E-state index contributed by atoms with van der Waals surface area (Å²) in [6, 6.07) is 9.96. The number of amides is 1. The summed E-state index contributed by atoms with van der Waals surface area (Å²) in [6.45, 7) is 4.13. The molecular weight excluding hydrogens is 349 g/mol. The summed E-state index contributed by atoms with van der Waals surface area (Å²) in [6.07, 6.45) is -4.42. The summed E-state index contributed by atoms with van der Waals surface area (Å²) in [4.78, 5) is 16.7. The number of benzene rings is 2. The number of thiazole rings is 1. The lowest BCUT2D eigenvalue weighted by molar-refractivity contribution is -0.137. The van der Waals surface area contributed by atoms with E-state index in [2.05, 4.69) is 24.1 Å². The maximum atomic E-state index is 12.6. The fourth-order valence-corrected chi connectivity index (χ4v) is 3.36. The monoisotopic (exact) mass is 364 g/mol. The highest BCUT2D eigenvalue weighted by Gasteiger charge is 2.30. The first-order chi connectivity index (χ1) is 11.8. The molecule has 130 valence electrons. The minimum Gasteiger partial charge on any atom is -0.298 e. The van der Waals surface area contributed by atoms with Crippen LogP contribution in [0.5, 0.6) is 0 Å². The molecule has 0 bridgehead atoms. The van der Waals surface area contributed by atoms with E-state index in [1.807, 2.05) is 18.2 Å². The minimum absolute atomic E-state index is 0.149. The number of hydrogen-bond acceptors (Lipinski definition) is 3. The number of anilines is 1. The fourth-order valence-electron chi connectivity index (χ4n) is 2.47. The smallest absolute Gasteiger partial charge is 0.298 e. The van der Waals surface area contributed by atoms with Crippen molar-refractivity contribution >= 4 is 32.6 Å². The quantitative estimate of drug-likeness (QED) is 0.649. The van der Waals surface area contributed by atoms with Crippen LogP contribution in [0, 0.1) is 0 Å². The van der Waals surface area contributed by atoms with Crippen molar-refractivity contribution in [2.45, 2.75) is 25.9 Å². The van der Waals surface area contributed by atoms with Gasteiger partial charge in [0.2, 0.25) is 0 Å². The topological polar surface area (TPSA) is 42.0 Å². The maximum absolute atomic E-state index is 12.6. The van der Waals surface area contributed by atoms with Gasteiger partial charge in [0.05, 0.1) is 15.8 Å². The van der Waals surface area contributed by atoms with Gasteiger partial charge in [-0.2, -0.15) is 13.2 Å². The molecule has 0 atom stereocenters. The molecule has 0 fully saturated rings. The number of halogens is 3. The molecule has 0 spiro atoms. The number of hydrogen-bond donors (Lipinski definition) is 1. The lowest BCUT2D eigenvalue weighted by Gasteiger charge is -2.07. The molecule has 3 rings (SSSR count). The normalized spacial score (nSPS) is 11.9. The van der Waals surface area contributed by atoms with E-state index in [1.54, 1.807) is 0 Å². The number of carbonyl (C=O) groups is 1. The Morgan fingerprint density at radius 3 is 2.40 bits per heavy atom. The number of rotatable bonds is 3.